The van der Waals surface area contributed by atoms with Crippen molar-refractivity contribution >= 4 is 39.1 Å². The van der Waals surface area contributed by atoms with Gasteiger partial charge in [-0.15, -0.1) is 11.3 Å². The number of aromatic nitrogens is 2. The Kier molecular flexibility index (Phi) is 6.59. The summed E-state index contributed by atoms with van der Waals surface area (Å²) in [5.74, 6) is -0.338. The van der Waals surface area contributed by atoms with Crippen LogP contribution in [0.3, 0.4) is 0 Å². The molecule has 7 nitrogen and oxygen atoms in total. The van der Waals surface area contributed by atoms with Crippen LogP contribution < -0.4 is 10.9 Å². The lowest BCUT2D eigenvalue weighted by molar-refractivity contribution is -0.116. The van der Waals surface area contributed by atoms with Crippen LogP contribution in [-0.2, 0) is 16.1 Å². The highest BCUT2D eigenvalue weighted by atomic mass is 32.1. The van der Waals surface area contributed by atoms with Gasteiger partial charge >= 0.3 is 5.97 Å². The van der Waals surface area contributed by atoms with Gasteiger partial charge in [0.05, 0.1) is 18.8 Å². The maximum absolute atomic E-state index is 13.0. The largest absolute Gasteiger partial charge is 0.465 e. The number of anilines is 1. The third-order valence-corrected chi connectivity index (χ3v) is 6.42. The van der Waals surface area contributed by atoms with Crippen LogP contribution in [0.1, 0.15) is 65.9 Å². The molecule has 1 amide bonds. The van der Waals surface area contributed by atoms with Gasteiger partial charge < -0.3 is 10.1 Å². The summed E-state index contributed by atoms with van der Waals surface area (Å²) in [4.78, 5) is 42.9. The normalized spacial score (nSPS) is 11.4. The van der Waals surface area contributed by atoms with Crippen LogP contribution in [-0.4, -0.2) is 28.5 Å². The van der Waals surface area contributed by atoms with E-state index in [1.165, 1.54) is 18.0 Å². The minimum Gasteiger partial charge on any atom is -0.465 e. The van der Waals surface area contributed by atoms with Crippen molar-refractivity contribution in [3.8, 4) is 0 Å². The first-order valence-electron chi connectivity index (χ1n) is 10.1. The highest BCUT2D eigenvalue weighted by Crippen LogP contribution is 2.32. The van der Waals surface area contributed by atoms with E-state index in [1.807, 2.05) is 18.2 Å². The molecular formula is C23H27N3O4S. The van der Waals surface area contributed by atoms with Crippen molar-refractivity contribution < 1.29 is 14.3 Å². The van der Waals surface area contributed by atoms with E-state index in [4.69, 9.17) is 4.74 Å². The average molecular weight is 442 g/mol. The van der Waals surface area contributed by atoms with Crippen molar-refractivity contribution in [3.05, 3.63) is 56.4 Å². The monoisotopic (exact) mass is 441 g/mol. The van der Waals surface area contributed by atoms with E-state index in [0.717, 1.165) is 28.2 Å². The van der Waals surface area contributed by atoms with Gasteiger partial charge in [-0.2, -0.15) is 0 Å². The lowest BCUT2D eigenvalue weighted by Gasteiger charge is -2.20. The summed E-state index contributed by atoms with van der Waals surface area (Å²) in [6.45, 7) is 9.83. The Hall–Kier alpha value is -3.00. The van der Waals surface area contributed by atoms with Crippen molar-refractivity contribution in [2.24, 2.45) is 0 Å². The molecule has 2 aromatic heterocycles. The number of para-hydroxylation sites is 1. The molecule has 1 N–H and O–H groups in total. The van der Waals surface area contributed by atoms with Crippen LogP contribution in [0.25, 0.3) is 10.2 Å². The van der Waals surface area contributed by atoms with Gasteiger partial charge in [0.2, 0.25) is 5.91 Å². The molecule has 0 unspecified atom stereocenters. The molecule has 0 bridgehead atoms. The number of esters is 1. The zero-order chi connectivity index (χ0) is 22.9. The Morgan fingerprint density at radius 3 is 2.32 bits per heavy atom. The van der Waals surface area contributed by atoms with Crippen molar-refractivity contribution in [1.29, 1.82) is 0 Å². The predicted octanol–water partition coefficient (Wildman–Crippen LogP) is 4.44. The molecule has 0 saturated heterocycles. The first-order valence-corrected chi connectivity index (χ1v) is 11.0. The van der Waals surface area contributed by atoms with E-state index in [-0.39, 0.29) is 29.8 Å². The summed E-state index contributed by atoms with van der Waals surface area (Å²) in [5, 5.41) is 3.35. The summed E-state index contributed by atoms with van der Waals surface area (Å²) >= 11 is 1.11. The van der Waals surface area contributed by atoms with Crippen molar-refractivity contribution in [3.63, 3.8) is 0 Å². The van der Waals surface area contributed by atoms with Gasteiger partial charge in [0.1, 0.15) is 16.3 Å². The van der Waals surface area contributed by atoms with Crippen LogP contribution in [0.4, 0.5) is 5.69 Å². The summed E-state index contributed by atoms with van der Waals surface area (Å²) < 4.78 is 6.05. The fourth-order valence-corrected chi connectivity index (χ4v) is 4.65. The summed E-state index contributed by atoms with van der Waals surface area (Å²) in [6.07, 6.45) is 1.35. The highest BCUT2D eigenvalue weighted by Gasteiger charge is 2.21. The minimum atomic E-state index is -0.504. The second-order valence-corrected chi connectivity index (χ2v) is 9.07. The average Bonchev–Trinajstić information content (AvgIpc) is 3.06. The second kappa shape index (κ2) is 9.01. The van der Waals surface area contributed by atoms with Gasteiger partial charge in [0, 0.05) is 5.69 Å². The van der Waals surface area contributed by atoms with E-state index in [9.17, 15) is 14.4 Å². The Bertz CT molecular complexity index is 1180. The lowest BCUT2D eigenvalue weighted by atomic mass is 9.92. The van der Waals surface area contributed by atoms with Crippen LogP contribution in [0, 0.1) is 6.92 Å². The Labute approximate surface area is 185 Å². The van der Waals surface area contributed by atoms with Crippen molar-refractivity contribution in [2.75, 3.05) is 12.4 Å². The maximum Gasteiger partial charge on any atom is 0.348 e. The molecule has 0 aliphatic heterocycles. The molecule has 1 aromatic carbocycles. The predicted molar refractivity (Wildman–Crippen MR) is 123 cm³/mol. The third kappa shape index (κ3) is 4.39. The van der Waals surface area contributed by atoms with E-state index in [0.29, 0.717) is 20.7 Å². The molecule has 164 valence electrons. The molecule has 2 heterocycles. The molecule has 0 aliphatic rings. The standard InChI is InChI=1S/C23H27N3O4S/c1-12(2)15-8-7-9-16(13(3)4)19(15)25-17(27)10-26-11-24-21-18(22(26)28)14(5)20(31-21)23(29)30-6/h7-9,11-13H,10H2,1-6H3,(H,25,27). The first-order chi connectivity index (χ1) is 14.6. The molecule has 31 heavy (non-hydrogen) atoms. The van der Waals surface area contributed by atoms with E-state index in [2.05, 4.69) is 38.0 Å². The van der Waals surface area contributed by atoms with E-state index < -0.39 is 5.97 Å². The van der Waals surface area contributed by atoms with Crippen LogP contribution in [0.15, 0.2) is 29.3 Å². The Morgan fingerprint density at radius 2 is 1.77 bits per heavy atom. The molecule has 0 atom stereocenters. The number of methoxy groups -OCH3 is 1. The van der Waals surface area contributed by atoms with Gasteiger partial charge in [0.25, 0.3) is 5.56 Å². The number of hydrogen-bond acceptors (Lipinski definition) is 6. The van der Waals surface area contributed by atoms with Gasteiger partial charge in [0.15, 0.2) is 0 Å². The van der Waals surface area contributed by atoms with Crippen LogP contribution in [0.5, 0.6) is 0 Å². The second-order valence-electron chi connectivity index (χ2n) is 8.07. The van der Waals surface area contributed by atoms with Crippen molar-refractivity contribution in [1.82, 2.24) is 9.55 Å². The summed E-state index contributed by atoms with van der Waals surface area (Å²) in [5.41, 5.74) is 3.07. The topological polar surface area (TPSA) is 90.3 Å². The minimum absolute atomic E-state index is 0.172. The quantitative estimate of drug-likeness (QED) is 0.571. The number of carbonyl (C=O) groups is 2. The van der Waals surface area contributed by atoms with E-state index >= 15 is 0 Å². The number of rotatable bonds is 6. The first kappa shape index (κ1) is 22.7. The van der Waals surface area contributed by atoms with Gasteiger partial charge in [-0.1, -0.05) is 45.9 Å². The SMILES string of the molecule is COC(=O)c1sc2ncn(CC(=O)Nc3c(C(C)C)cccc3C(C)C)c(=O)c2c1C. The summed E-state index contributed by atoms with van der Waals surface area (Å²) in [6, 6.07) is 6.02. The zero-order valence-corrected chi connectivity index (χ0v) is 19.4. The maximum atomic E-state index is 13.0. The number of ether oxygens (including phenoxy) is 1. The number of amides is 1. The molecule has 3 aromatic rings. The smallest absolute Gasteiger partial charge is 0.348 e. The van der Waals surface area contributed by atoms with E-state index in [1.54, 1.807) is 6.92 Å². The number of thiophene rings is 1. The molecule has 0 radical (unpaired) electrons. The van der Waals surface area contributed by atoms with Gasteiger partial charge in [-0.25, -0.2) is 9.78 Å². The number of benzene rings is 1. The number of fused-ring (bicyclic) bond motifs is 1. The molecule has 0 aliphatic carbocycles. The van der Waals surface area contributed by atoms with Crippen LogP contribution in [0.2, 0.25) is 0 Å². The number of carbonyl (C=O) groups excluding carboxylic acids is 2. The fourth-order valence-electron chi connectivity index (χ4n) is 3.59. The molecule has 3 rings (SSSR count). The van der Waals surface area contributed by atoms with Crippen molar-refractivity contribution in [2.45, 2.75) is 53.0 Å². The third-order valence-electron chi connectivity index (χ3n) is 5.24. The molecular weight excluding hydrogens is 414 g/mol. The fraction of sp³-hybridized carbons (Fsp3) is 0.391. The molecule has 0 fully saturated rings. The summed E-state index contributed by atoms with van der Waals surface area (Å²) in [7, 11) is 1.29. The molecule has 0 saturated carbocycles. The molecule has 0 spiro atoms. The number of nitrogens with zero attached hydrogens (tertiary/aromatic N) is 2. The number of aryl methyl sites for hydroxylation is 1. The lowest BCUT2D eigenvalue weighted by Crippen LogP contribution is -2.28. The van der Waals surface area contributed by atoms with Crippen LogP contribution >= 0.6 is 11.3 Å². The zero-order valence-electron chi connectivity index (χ0n) is 18.6. The highest BCUT2D eigenvalue weighted by molar-refractivity contribution is 7.20. The van der Waals surface area contributed by atoms with Gasteiger partial charge in [-0.3, -0.25) is 14.2 Å². The van der Waals surface area contributed by atoms with Gasteiger partial charge in [-0.05, 0) is 35.4 Å². The Morgan fingerprint density at radius 1 is 1.16 bits per heavy atom. The number of nitrogens with one attached hydrogen (secondary N) is 1. The number of hydrogen-bond donors (Lipinski definition) is 1. The molecule has 8 heteroatoms. The Balaban J connectivity index is 1.95.